The molecule has 4 nitrogen and oxygen atoms in total. The zero-order chi connectivity index (χ0) is 10.6. The Labute approximate surface area is 84.7 Å². The van der Waals surface area contributed by atoms with Gasteiger partial charge >= 0.3 is 0 Å². The Bertz CT molecular complexity index is 281. The molecule has 0 saturated heterocycles. The molecule has 4 heteroatoms. The molecule has 80 valence electrons. The lowest BCUT2D eigenvalue weighted by Crippen LogP contribution is -2.26. The van der Waals surface area contributed by atoms with Crippen molar-refractivity contribution in [1.29, 1.82) is 0 Å². The van der Waals surface area contributed by atoms with Gasteiger partial charge in [0.25, 0.3) is 0 Å². The average Bonchev–Trinajstić information content (AvgIpc) is 2.53. The third kappa shape index (κ3) is 2.82. The largest absolute Gasteiger partial charge is 0.448 e. The Balaban J connectivity index is 2.70. The van der Waals surface area contributed by atoms with Gasteiger partial charge in [-0.2, -0.15) is 0 Å². The van der Waals surface area contributed by atoms with Gasteiger partial charge in [-0.05, 0) is 20.9 Å². The molecule has 1 heterocycles. The molecular weight excluding hydrogens is 180 g/mol. The summed E-state index contributed by atoms with van der Waals surface area (Å²) in [6, 6.07) is 0. The maximum absolute atomic E-state index is 5.34. The van der Waals surface area contributed by atoms with Gasteiger partial charge in [-0.15, -0.1) is 0 Å². The molecule has 0 spiro atoms. The molecule has 0 aliphatic carbocycles. The SMILES string of the molecule is CNCc1ncoc1CC(C)(C)OC. The monoisotopic (exact) mass is 198 g/mol. The first-order valence-corrected chi connectivity index (χ1v) is 4.70. The Morgan fingerprint density at radius 2 is 2.29 bits per heavy atom. The van der Waals surface area contributed by atoms with Gasteiger partial charge in [-0.25, -0.2) is 4.98 Å². The van der Waals surface area contributed by atoms with E-state index >= 15 is 0 Å². The topological polar surface area (TPSA) is 47.3 Å². The fourth-order valence-corrected chi connectivity index (χ4v) is 1.21. The summed E-state index contributed by atoms with van der Waals surface area (Å²) in [6.07, 6.45) is 2.22. The van der Waals surface area contributed by atoms with E-state index < -0.39 is 0 Å². The summed E-state index contributed by atoms with van der Waals surface area (Å²) in [6.45, 7) is 4.78. The van der Waals surface area contributed by atoms with Crippen LogP contribution in [0.5, 0.6) is 0 Å². The third-order valence-electron chi connectivity index (χ3n) is 2.21. The van der Waals surface area contributed by atoms with Gasteiger partial charge in [-0.3, -0.25) is 0 Å². The van der Waals surface area contributed by atoms with Crippen LogP contribution in [0.25, 0.3) is 0 Å². The van der Waals surface area contributed by atoms with Crippen LogP contribution in [-0.4, -0.2) is 24.7 Å². The van der Waals surface area contributed by atoms with Gasteiger partial charge in [0.1, 0.15) is 5.76 Å². The fraction of sp³-hybridized carbons (Fsp3) is 0.700. The van der Waals surface area contributed by atoms with E-state index in [-0.39, 0.29) is 5.60 Å². The Morgan fingerprint density at radius 3 is 2.86 bits per heavy atom. The summed E-state index contributed by atoms with van der Waals surface area (Å²) >= 11 is 0. The number of nitrogens with zero attached hydrogens (tertiary/aromatic N) is 1. The minimum atomic E-state index is -0.206. The van der Waals surface area contributed by atoms with Crippen molar-refractivity contribution in [3.8, 4) is 0 Å². The molecule has 0 aliphatic heterocycles. The molecule has 0 bridgehead atoms. The Morgan fingerprint density at radius 1 is 1.57 bits per heavy atom. The summed E-state index contributed by atoms with van der Waals surface area (Å²) in [4.78, 5) is 4.14. The van der Waals surface area contributed by atoms with Gasteiger partial charge in [-0.1, -0.05) is 0 Å². The molecule has 1 aromatic rings. The highest BCUT2D eigenvalue weighted by atomic mass is 16.5. The first-order valence-electron chi connectivity index (χ1n) is 4.70. The normalized spacial score (nSPS) is 12.0. The van der Waals surface area contributed by atoms with E-state index in [1.165, 1.54) is 6.39 Å². The summed E-state index contributed by atoms with van der Waals surface area (Å²) < 4.78 is 10.7. The van der Waals surface area contributed by atoms with E-state index in [4.69, 9.17) is 9.15 Å². The number of ether oxygens (including phenoxy) is 1. The summed E-state index contributed by atoms with van der Waals surface area (Å²) in [5, 5.41) is 3.05. The van der Waals surface area contributed by atoms with Crippen molar-refractivity contribution in [2.45, 2.75) is 32.4 Å². The zero-order valence-corrected chi connectivity index (χ0v) is 9.26. The number of methoxy groups -OCH3 is 1. The van der Waals surface area contributed by atoms with E-state index in [9.17, 15) is 0 Å². The molecule has 1 aromatic heterocycles. The average molecular weight is 198 g/mol. The zero-order valence-electron chi connectivity index (χ0n) is 9.26. The van der Waals surface area contributed by atoms with E-state index in [2.05, 4.69) is 10.3 Å². The summed E-state index contributed by atoms with van der Waals surface area (Å²) in [7, 11) is 3.59. The van der Waals surface area contributed by atoms with Crippen molar-refractivity contribution in [3.63, 3.8) is 0 Å². The molecule has 14 heavy (non-hydrogen) atoms. The molecule has 0 aromatic carbocycles. The standard InChI is InChI=1S/C10H18N2O2/c1-10(2,13-4)5-9-8(6-11-3)12-7-14-9/h7,11H,5-6H2,1-4H3. The van der Waals surface area contributed by atoms with Crippen molar-refractivity contribution in [3.05, 3.63) is 17.8 Å². The number of nitrogens with one attached hydrogen (secondary N) is 1. The van der Waals surface area contributed by atoms with Crippen LogP contribution >= 0.6 is 0 Å². The number of aromatic nitrogens is 1. The van der Waals surface area contributed by atoms with Crippen LogP contribution in [0.1, 0.15) is 25.3 Å². The van der Waals surface area contributed by atoms with Crippen molar-refractivity contribution < 1.29 is 9.15 Å². The number of hydrogen-bond acceptors (Lipinski definition) is 4. The third-order valence-corrected chi connectivity index (χ3v) is 2.21. The molecule has 0 amide bonds. The first kappa shape index (κ1) is 11.2. The van der Waals surface area contributed by atoms with Gasteiger partial charge in [0.2, 0.25) is 0 Å². The van der Waals surface area contributed by atoms with Crippen molar-refractivity contribution >= 4 is 0 Å². The summed E-state index contributed by atoms with van der Waals surface area (Å²) in [5.41, 5.74) is 0.750. The van der Waals surface area contributed by atoms with Crippen molar-refractivity contribution in [2.24, 2.45) is 0 Å². The van der Waals surface area contributed by atoms with Gasteiger partial charge < -0.3 is 14.5 Å². The first-order chi connectivity index (χ1) is 6.59. The number of oxazole rings is 1. The van der Waals surface area contributed by atoms with Gasteiger partial charge in [0.15, 0.2) is 6.39 Å². The van der Waals surface area contributed by atoms with Crippen LogP contribution in [0, 0.1) is 0 Å². The minimum absolute atomic E-state index is 0.206. The maximum Gasteiger partial charge on any atom is 0.181 e. The molecule has 0 radical (unpaired) electrons. The van der Waals surface area contributed by atoms with Crippen LogP contribution < -0.4 is 5.32 Å². The smallest absolute Gasteiger partial charge is 0.181 e. The Hall–Kier alpha value is -0.870. The second-order valence-corrected chi connectivity index (χ2v) is 3.89. The van der Waals surface area contributed by atoms with Gasteiger partial charge in [0.05, 0.1) is 11.3 Å². The van der Waals surface area contributed by atoms with E-state index in [1.807, 2.05) is 20.9 Å². The molecule has 0 saturated carbocycles. The molecule has 0 atom stereocenters. The molecular formula is C10H18N2O2. The lowest BCUT2D eigenvalue weighted by molar-refractivity contribution is 0.0189. The maximum atomic E-state index is 5.34. The van der Waals surface area contributed by atoms with Crippen LogP contribution in [0.3, 0.4) is 0 Å². The summed E-state index contributed by atoms with van der Waals surface area (Å²) in [5.74, 6) is 0.895. The predicted octanol–water partition coefficient (Wildman–Crippen LogP) is 1.36. The second-order valence-electron chi connectivity index (χ2n) is 3.89. The predicted molar refractivity (Wildman–Crippen MR) is 54.1 cm³/mol. The number of hydrogen-bond donors (Lipinski definition) is 1. The molecule has 1 rings (SSSR count). The number of rotatable bonds is 5. The van der Waals surface area contributed by atoms with Gasteiger partial charge in [0, 0.05) is 20.1 Å². The Kier molecular flexibility index (Phi) is 3.66. The van der Waals surface area contributed by atoms with E-state index in [0.29, 0.717) is 0 Å². The van der Waals surface area contributed by atoms with Crippen LogP contribution in [0.15, 0.2) is 10.8 Å². The lowest BCUT2D eigenvalue weighted by Gasteiger charge is -2.21. The van der Waals surface area contributed by atoms with E-state index in [1.54, 1.807) is 7.11 Å². The molecule has 0 fully saturated rings. The molecule has 1 N–H and O–H groups in total. The fourth-order valence-electron chi connectivity index (χ4n) is 1.21. The second kappa shape index (κ2) is 4.57. The van der Waals surface area contributed by atoms with Crippen LogP contribution in [0.2, 0.25) is 0 Å². The van der Waals surface area contributed by atoms with Crippen molar-refractivity contribution in [1.82, 2.24) is 10.3 Å². The lowest BCUT2D eigenvalue weighted by atomic mass is 10.0. The highest BCUT2D eigenvalue weighted by molar-refractivity contribution is 5.09. The highest BCUT2D eigenvalue weighted by Gasteiger charge is 2.21. The highest BCUT2D eigenvalue weighted by Crippen LogP contribution is 2.18. The minimum Gasteiger partial charge on any atom is -0.448 e. The van der Waals surface area contributed by atoms with Crippen LogP contribution in [-0.2, 0) is 17.7 Å². The van der Waals surface area contributed by atoms with Crippen LogP contribution in [0.4, 0.5) is 0 Å². The van der Waals surface area contributed by atoms with Crippen molar-refractivity contribution in [2.75, 3.05) is 14.2 Å². The molecule has 0 aliphatic rings. The molecule has 0 unspecified atom stereocenters. The van der Waals surface area contributed by atoms with E-state index in [0.717, 1.165) is 24.4 Å². The quantitative estimate of drug-likeness (QED) is 0.776.